The van der Waals surface area contributed by atoms with Crippen LogP contribution in [0.4, 0.5) is 5.69 Å². The summed E-state index contributed by atoms with van der Waals surface area (Å²) in [7, 11) is 0. The van der Waals surface area contributed by atoms with E-state index < -0.39 is 18.3 Å². The number of benzene rings is 2. The fourth-order valence-electron chi connectivity index (χ4n) is 2.81. The molecule has 0 bridgehead atoms. The lowest BCUT2D eigenvalue weighted by Gasteiger charge is -2.15. The van der Waals surface area contributed by atoms with Crippen LogP contribution in [0.2, 0.25) is 5.02 Å². The van der Waals surface area contributed by atoms with E-state index >= 15 is 0 Å². The second kappa shape index (κ2) is 8.91. The molecule has 0 spiro atoms. The topological polar surface area (TPSA) is 82.0 Å². The van der Waals surface area contributed by atoms with Gasteiger partial charge in [-0.2, -0.15) is 10.1 Å². The number of hydrogen-bond acceptors (Lipinski definition) is 4. The molecule has 0 atom stereocenters. The van der Waals surface area contributed by atoms with Crippen LogP contribution in [0.5, 0.6) is 0 Å². The summed E-state index contributed by atoms with van der Waals surface area (Å²) < 4.78 is 0. The highest BCUT2D eigenvalue weighted by Gasteiger charge is 2.35. The van der Waals surface area contributed by atoms with Crippen LogP contribution in [0, 0.1) is 0 Å². The Morgan fingerprint density at radius 2 is 1.79 bits per heavy atom. The second-order valence-electron chi connectivity index (χ2n) is 6.01. The van der Waals surface area contributed by atoms with Gasteiger partial charge in [0.1, 0.15) is 0 Å². The van der Waals surface area contributed by atoms with E-state index in [0.29, 0.717) is 23.0 Å². The summed E-state index contributed by atoms with van der Waals surface area (Å²) in [5.41, 5.74) is 2.09. The lowest BCUT2D eigenvalue weighted by molar-refractivity contribution is -0.135. The lowest BCUT2D eigenvalue weighted by Crippen LogP contribution is -2.27. The largest absolute Gasteiger partial charge is 0.481 e. The number of hydrazone groups is 1. The van der Waals surface area contributed by atoms with E-state index in [-0.39, 0.29) is 17.2 Å². The monoisotopic (exact) mass is 417 g/mol. The number of alkyl halides is 1. The number of amides is 1. The molecule has 0 saturated carbocycles. The fraction of sp³-hybridized carbons (Fsp3) is 0.150. The number of hydrogen-bond donors (Lipinski definition) is 2. The Bertz CT molecular complexity index is 958. The molecule has 2 aromatic carbocycles. The third kappa shape index (κ3) is 4.35. The molecule has 2 aromatic rings. The van der Waals surface area contributed by atoms with Crippen molar-refractivity contribution in [1.82, 2.24) is 5.32 Å². The number of carboxylic acids is 1. The summed E-state index contributed by atoms with van der Waals surface area (Å²) in [5.74, 6) is -1.56. The van der Waals surface area contributed by atoms with E-state index in [1.807, 2.05) is 30.3 Å². The van der Waals surface area contributed by atoms with Gasteiger partial charge >= 0.3 is 5.97 Å². The molecule has 3 rings (SSSR count). The Labute approximate surface area is 172 Å². The van der Waals surface area contributed by atoms with Crippen LogP contribution >= 0.6 is 23.2 Å². The van der Waals surface area contributed by atoms with Crippen molar-refractivity contribution in [1.29, 1.82) is 0 Å². The normalized spacial score (nSPS) is 15.4. The second-order valence-corrected chi connectivity index (χ2v) is 6.69. The summed E-state index contributed by atoms with van der Waals surface area (Å²) in [5, 5.41) is 18.1. The van der Waals surface area contributed by atoms with Gasteiger partial charge in [-0.05, 0) is 17.7 Å². The first-order chi connectivity index (χ1) is 13.5. The van der Waals surface area contributed by atoms with Crippen LogP contribution < -0.4 is 10.3 Å². The van der Waals surface area contributed by atoms with E-state index in [0.717, 1.165) is 10.6 Å². The Morgan fingerprint density at radius 3 is 2.43 bits per heavy atom. The number of halogens is 2. The third-order valence-corrected chi connectivity index (χ3v) is 4.69. The highest BCUT2D eigenvalue weighted by molar-refractivity contribution is 6.37. The zero-order chi connectivity index (χ0) is 20.1. The Morgan fingerprint density at radius 1 is 1.11 bits per heavy atom. The van der Waals surface area contributed by atoms with Gasteiger partial charge in [-0.3, -0.25) is 9.59 Å². The number of carbonyl (C=O) groups excluding carboxylic acids is 1. The Kier molecular flexibility index (Phi) is 6.34. The van der Waals surface area contributed by atoms with Crippen molar-refractivity contribution in [2.75, 3.05) is 10.9 Å². The predicted octanol–water partition coefficient (Wildman–Crippen LogP) is 3.80. The van der Waals surface area contributed by atoms with Crippen molar-refractivity contribution in [2.24, 2.45) is 5.10 Å². The average molecular weight is 418 g/mol. The number of rotatable bonds is 7. The zero-order valence-electron chi connectivity index (χ0n) is 14.7. The van der Waals surface area contributed by atoms with E-state index in [1.54, 1.807) is 24.3 Å². The maximum absolute atomic E-state index is 13.1. The van der Waals surface area contributed by atoms with Crippen molar-refractivity contribution in [2.45, 2.75) is 13.0 Å². The molecule has 1 heterocycles. The van der Waals surface area contributed by atoms with Gasteiger partial charge < -0.3 is 10.4 Å². The van der Waals surface area contributed by atoms with Crippen molar-refractivity contribution in [3.8, 4) is 0 Å². The van der Waals surface area contributed by atoms with E-state index in [4.69, 9.17) is 23.2 Å². The molecule has 1 aliphatic heterocycles. The summed E-state index contributed by atoms with van der Waals surface area (Å²) in [6.07, 6.45) is -0.407. The quantitative estimate of drug-likeness (QED) is 0.530. The van der Waals surface area contributed by atoms with Gasteiger partial charge in [0.05, 0.1) is 34.3 Å². The first kappa shape index (κ1) is 19.9. The number of carboxylic acid groups (broad SMARTS) is 1. The van der Waals surface area contributed by atoms with Gasteiger partial charge in [-0.1, -0.05) is 54.1 Å². The number of para-hydroxylation sites is 1. The summed E-state index contributed by atoms with van der Waals surface area (Å²) >= 11 is 12.3. The minimum Gasteiger partial charge on any atom is -0.481 e. The number of allylic oxidation sites excluding steroid dienone is 1. The molecule has 0 fully saturated rings. The van der Waals surface area contributed by atoms with E-state index in [1.165, 1.54) is 0 Å². The first-order valence-electron chi connectivity index (χ1n) is 8.46. The summed E-state index contributed by atoms with van der Waals surface area (Å²) in [6.45, 7) is 0.437. The summed E-state index contributed by atoms with van der Waals surface area (Å²) in [4.78, 5) is 24.4. The van der Waals surface area contributed by atoms with Crippen molar-refractivity contribution < 1.29 is 14.7 Å². The van der Waals surface area contributed by atoms with Crippen LogP contribution in [0.25, 0.3) is 0 Å². The molecule has 1 aliphatic rings. The van der Waals surface area contributed by atoms with Gasteiger partial charge in [0.15, 0.2) is 0 Å². The number of carbonyl (C=O) groups is 2. The minimum atomic E-state index is -1.10. The van der Waals surface area contributed by atoms with E-state index in [2.05, 4.69) is 10.4 Å². The molecule has 144 valence electrons. The third-order valence-electron chi connectivity index (χ3n) is 4.10. The maximum Gasteiger partial charge on any atom is 0.309 e. The summed E-state index contributed by atoms with van der Waals surface area (Å²) in [6, 6.07) is 16.3. The standard InChI is InChI=1S/C20H17Cl2N3O3/c21-11-16(23-12-13-6-2-1-3-7-13)19-15(10-18(26)27)24-25(20(19)28)17-9-5-4-8-14(17)22/h1-9,23H,10-12H2,(H,26,27)/b19-16-. The van der Waals surface area contributed by atoms with Crippen molar-refractivity contribution in [3.05, 3.63) is 76.5 Å². The molecule has 28 heavy (non-hydrogen) atoms. The van der Waals surface area contributed by atoms with Crippen LogP contribution in [0.3, 0.4) is 0 Å². The fourth-order valence-corrected chi connectivity index (χ4v) is 3.25. The maximum atomic E-state index is 13.1. The number of nitrogens with one attached hydrogen (secondary N) is 1. The highest BCUT2D eigenvalue weighted by atomic mass is 35.5. The average Bonchev–Trinajstić information content (AvgIpc) is 2.99. The van der Waals surface area contributed by atoms with Gasteiger partial charge in [-0.15, -0.1) is 11.6 Å². The molecule has 6 nitrogen and oxygen atoms in total. The van der Waals surface area contributed by atoms with Gasteiger partial charge in [0, 0.05) is 12.2 Å². The number of anilines is 1. The van der Waals surface area contributed by atoms with Crippen LogP contribution in [-0.2, 0) is 16.1 Å². The van der Waals surface area contributed by atoms with Crippen LogP contribution in [0.1, 0.15) is 12.0 Å². The molecule has 8 heteroatoms. The van der Waals surface area contributed by atoms with Gasteiger partial charge in [0.25, 0.3) is 5.91 Å². The molecule has 0 aliphatic carbocycles. The predicted molar refractivity (Wildman–Crippen MR) is 110 cm³/mol. The number of aliphatic carboxylic acids is 1. The molecule has 0 unspecified atom stereocenters. The van der Waals surface area contributed by atoms with Crippen molar-refractivity contribution >= 4 is 46.5 Å². The molecule has 2 N–H and O–H groups in total. The molecular formula is C20H17Cl2N3O3. The van der Waals surface area contributed by atoms with Crippen molar-refractivity contribution in [3.63, 3.8) is 0 Å². The highest BCUT2D eigenvalue weighted by Crippen LogP contribution is 2.31. The Balaban J connectivity index is 1.97. The molecule has 0 saturated heterocycles. The van der Waals surface area contributed by atoms with Gasteiger partial charge in [0.2, 0.25) is 0 Å². The van der Waals surface area contributed by atoms with E-state index in [9.17, 15) is 14.7 Å². The molecular weight excluding hydrogens is 401 g/mol. The minimum absolute atomic E-state index is 0.00288. The SMILES string of the molecule is O=C(O)CC1=NN(c2ccccc2Cl)C(=O)/C1=C(/CCl)NCc1ccccc1. The van der Waals surface area contributed by atoms with Gasteiger partial charge in [-0.25, -0.2) is 0 Å². The first-order valence-corrected chi connectivity index (χ1v) is 9.38. The lowest BCUT2D eigenvalue weighted by atomic mass is 10.1. The molecule has 1 amide bonds. The smallest absolute Gasteiger partial charge is 0.309 e. The van der Waals surface area contributed by atoms with Crippen LogP contribution in [-0.4, -0.2) is 28.6 Å². The van der Waals surface area contributed by atoms with Crippen LogP contribution in [0.15, 0.2) is 71.0 Å². The molecule has 0 radical (unpaired) electrons. The Hall–Kier alpha value is -2.83. The number of nitrogens with zero attached hydrogens (tertiary/aromatic N) is 2. The zero-order valence-corrected chi connectivity index (χ0v) is 16.2. The molecule has 0 aromatic heterocycles.